The fraction of sp³-hybridized carbons (Fsp3) is 0.333. The molecule has 0 spiro atoms. The van der Waals surface area contributed by atoms with E-state index in [-0.39, 0.29) is 12.2 Å². The number of rotatable bonds is 4. The molecule has 2 aromatic rings. The Morgan fingerprint density at radius 3 is 2.75 bits per heavy atom. The van der Waals surface area contributed by atoms with Crippen molar-refractivity contribution in [3.63, 3.8) is 0 Å². The van der Waals surface area contributed by atoms with Crippen LogP contribution in [0.4, 0.5) is 13.2 Å². The molecule has 20 heavy (non-hydrogen) atoms. The maximum atomic E-state index is 12.1. The van der Waals surface area contributed by atoms with Gasteiger partial charge in [0.05, 0.1) is 6.10 Å². The lowest BCUT2D eigenvalue weighted by molar-refractivity contribution is -0.274. The molecule has 0 bridgehead atoms. The molecule has 0 radical (unpaired) electrons. The highest BCUT2D eigenvalue weighted by atomic mass is 19.4. The van der Waals surface area contributed by atoms with Gasteiger partial charge in [0.25, 0.3) is 0 Å². The van der Waals surface area contributed by atoms with Crippen LogP contribution in [0.25, 0.3) is 0 Å². The molecular formula is C12H12F3N3O2. The molecule has 1 atom stereocenters. The van der Waals surface area contributed by atoms with Crippen LogP contribution >= 0.6 is 0 Å². The molecule has 1 aromatic carbocycles. The number of aryl methyl sites for hydroxylation is 1. The highest BCUT2D eigenvalue weighted by molar-refractivity contribution is 5.30. The highest BCUT2D eigenvalue weighted by Crippen LogP contribution is 2.26. The van der Waals surface area contributed by atoms with Crippen molar-refractivity contribution in [2.75, 3.05) is 0 Å². The zero-order valence-electron chi connectivity index (χ0n) is 10.5. The standard InChI is InChI=1S/C12H12F3N3O2/c1-18-11(16-7-17-18)6-10(19)8-3-2-4-9(5-8)20-12(13,14)15/h2-5,7,10,19H,6H2,1H3. The molecule has 0 fully saturated rings. The number of halogens is 3. The third-order valence-electron chi connectivity index (χ3n) is 2.66. The Morgan fingerprint density at radius 1 is 1.40 bits per heavy atom. The first-order valence-corrected chi connectivity index (χ1v) is 5.72. The quantitative estimate of drug-likeness (QED) is 0.934. The SMILES string of the molecule is Cn1ncnc1CC(O)c1cccc(OC(F)(F)F)c1. The lowest BCUT2D eigenvalue weighted by Crippen LogP contribution is -2.17. The number of hydrogen-bond donors (Lipinski definition) is 1. The summed E-state index contributed by atoms with van der Waals surface area (Å²) >= 11 is 0. The van der Waals surface area contributed by atoms with Gasteiger partial charge >= 0.3 is 6.36 Å². The third-order valence-corrected chi connectivity index (χ3v) is 2.66. The summed E-state index contributed by atoms with van der Waals surface area (Å²) in [6.45, 7) is 0. The predicted molar refractivity (Wildman–Crippen MR) is 62.8 cm³/mol. The van der Waals surface area contributed by atoms with Crippen LogP contribution in [0.1, 0.15) is 17.5 Å². The number of aliphatic hydroxyl groups is 1. The predicted octanol–water partition coefficient (Wildman–Crippen LogP) is 1.99. The van der Waals surface area contributed by atoms with Crippen molar-refractivity contribution in [1.29, 1.82) is 0 Å². The van der Waals surface area contributed by atoms with Gasteiger partial charge in [-0.1, -0.05) is 12.1 Å². The number of ether oxygens (including phenoxy) is 1. The molecule has 1 unspecified atom stereocenters. The van der Waals surface area contributed by atoms with Gasteiger partial charge in [-0.05, 0) is 17.7 Å². The van der Waals surface area contributed by atoms with E-state index >= 15 is 0 Å². The number of aromatic nitrogens is 3. The van der Waals surface area contributed by atoms with Gasteiger partial charge < -0.3 is 9.84 Å². The molecule has 0 amide bonds. The maximum Gasteiger partial charge on any atom is 0.573 e. The van der Waals surface area contributed by atoms with Crippen molar-refractivity contribution < 1.29 is 23.0 Å². The summed E-state index contributed by atoms with van der Waals surface area (Å²) in [7, 11) is 1.66. The smallest absolute Gasteiger partial charge is 0.406 e. The zero-order valence-corrected chi connectivity index (χ0v) is 10.5. The lowest BCUT2D eigenvalue weighted by atomic mass is 10.1. The summed E-state index contributed by atoms with van der Waals surface area (Å²) in [5.41, 5.74) is 0.315. The van der Waals surface area contributed by atoms with Gasteiger partial charge in [0, 0.05) is 13.5 Å². The number of benzene rings is 1. The summed E-state index contributed by atoms with van der Waals surface area (Å²) < 4.78 is 41.7. The second-order valence-corrected chi connectivity index (χ2v) is 4.14. The van der Waals surface area contributed by atoms with E-state index in [2.05, 4.69) is 14.8 Å². The van der Waals surface area contributed by atoms with Gasteiger partial charge in [0.1, 0.15) is 17.9 Å². The van der Waals surface area contributed by atoms with Crippen LogP contribution in [0.5, 0.6) is 5.75 Å². The molecule has 2 rings (SSSR count). The van der Waals surface area contributed by atoms with Crippen molar-refractivity contribution in [2.45, 2.75) is 18.9 Å². The van der Waals surface area contributed by atoms with Gasteiger partial charge in [-0.15, -0.1) is 13.2 Å². The van der Waals surface area contributed by atoms with Crippen LogP contribution < -0.4 is 4.74 Å². The molecule has 0 aliphatic carbocycles. The first-order valence-electron chi connectivity index (χ1n) is 5.72. The van der Waals surface area contributed by atoms with E-state index in [1.54, 1.807) is 7.05 Å². The fourth-order valence-corrected chi connectivity index (χ4v) is 1.71. The minimum absolute atomic E-state index is 0.145. The normalized spacial score (nSPS) is 13.2. The van der Waals surface area contributed by atoms with Crippen molar-refractivity contribution >= 4 is 0 Å². The van der Waals surface area contributed by atoms with Gasteiger partial charge in [-0.3, -0.25) is 4.68 Å². The fourth-order valence-electron chi connectivity index (χ4n) is 1.71. The Morgan fingerprint density at radius 2 is 2.15 bits per heavy atom. The van der Waals surface area contributed by atoms with Gasteiger partial charge in [-0.25, -0.2) is 4.98 Å². The molecule has 8 heteroatoms. The monoisotopic (exact) mass is 287 g/mol. The van der Waals surface area contributed by atoms with E-state index in [1.807, 2.05) is 0 Å². The minimum Gasteiger partial charge on any atom is -0.406 e. The Bertz CT molecular complexity index is 583. The maximum absolute atomic E-state index is 12.1. The highest BCUT2D eigenvalue weighted by Gasteiger charge is 2.31. The molecule has 0 aliphatic heterocycles. The molecule has 1 heterocycles. The van der Waals surface area contributed by atoms with Crippen molar-refractivity contribution in [3.05, 3.63) is 42.0 Å². The Kier molecular flexibility index (Phi) is 3.93. The minimum atomic E-state index is -4.76. The van der Waals surface area contributed by atoms with Gasteiger partial charge in [-0.2, -0.15) is 5.10 Å². The van der Waals surface area contributed by atoms with Gasteiger partial charge in [0.2, 0.25) is 0 Å². The van der Waals surface area contributed by atoms with Crippen LogP contribution in [0.15, 0.2) is 30.6 Å². The lowest BCUT2D eigenvalue weighted by Gasteiger charge is -2.13. The van der Waals surface area contributed by atoms with E-state index in [4.69, 9.17) is 0 Å². The number of alkyl halides is 3. The van der Waals surface area contributed by atoms with E-state index in [1.165, 1.54) is 29.2 Å². The average Bonchev–Trinajstić information content (AvgIpc) is 2.73. The van der Waals surface area contributed by atoms with Crippen molar-refractivity contribution in [2.24, 2.45) is 7.05 Å². The molecule has 0 saturated carbocycles. The Labute approximate surface area is 112 Å². The third kappa shape index (κ3) is 3.70. The Balaban J connectivity index is 2.12. The molecule has 0 aliphatic rings. The van der Waals surface area contributed by atoms with Gasteiger partial charge in [0.15, 0.2) is 0 Å². The summed E-state index contributed by atoms with van der Waals surface area (Å²) in [6.07, 6.45) is -4.26. The topological polar surface area (TPSA) is 60.2 Å². The van der Waals surface area contributed by atoms with E-state index in [0.717, 1.165) is 6.07 Å². The second-order valence-electron chi connectivity index (χ2n) is 4.14. The second kappa shape index (κ2) is 5.49. The molecule has 5 nitrogen and oxygen atoms in total. The van der Waals surface area contributed by atoms with Crippen LogP contribution in [0, 0.1) is 0 Å². The molecule has 0 saturated heterocycles. The summed E-state index contributed by atoms with van der Waals surface area (Å²) in [5, 5.41) is 13.9. The molecular weight excluding hydrogens is 275 g/mol. The van der Waals surface area contributed by atoms with E-state index in [0.29, 0.717) is 11.4 Å². The largest absolute Gasteiger partial charge is 0.573 e. The van der Waals surface area contributed by atoms with Crippen LogP contribution in [0.3, 0.4) is 0 Å². The summed E-state index contributed by atoms with van der Waals surface area (Å²) in [4.78, 5) is 3.94. The van der Waals surface area contributed by atoms with Crippen molar-refractivity contribution in [1.82, 2.24) is 14.8 Å². The summed E-state index contributed by atoms with van der Waals surface area (Å²) in [5.74, 6) is 0.159. The number of aliphatic hydroxyl groups excluding tert-OH is 1. The number of nitrogens with zero attached hydrogens (tertiary/aromatic N) is 3. The Hall–Kier alpha value is -2.09. The van der Waals surface area contributed by atoms with Crippen LogP contribution in [0.2, 0.25) is 0 Å². The summed E-state index contributed by atoms with van der Waals surface area (Å²) in [6, 6.07) is 5.22. The first kappa shape index (κ1) is 14.3. The molecule has 1 aromatic heterocycles. The molecule has 108 valence electrons. The number of hydrogen-bond acceptors (Lipinski definition) is 4. The average molecular weight is 287 g/mol. The van der Waals surface area contributed by atoms with Crippen molar-refractivity contribution in [3.8, 4) is 5.75 Å². The van der Waals surface area contributed by atoms with E-state index in [9.17, 15) is 18.3 Å². The van der Waals surface area contributed by atoms with E-state index < -0.39 is 12.5 Å². The first-order chi connectivity index (χ1) is 9.35. The zero-order chi connectivity index (χ0) is 14.8. The van der Waals surface area contributed by atoms with Crippen LogP contribution in [-0.2, 0) is 13.5 Å². The van der Waals surface area contributed by atoms with Crippen LogP contribution in [-0.4, -0.2) is 26.2 Å². The molecule has 1 N–H and O–H groups in total.